The molecule has 18 heavy (non-hydrogen) atoms. The van der Waals surface area contributed by atoms with Gasteiger partial charge in [0, 0.05) is 18.0 Å². The molecular weight excluding hydrogens is 250 g/mol. The number of morpholine rings is 1. The summed E-state index contributed by atoms with van der Waals surface area (Å²) in [5.74, 6) is 2.44. The van der Waals surface area contributed by atoms with Crippen molar-refractivity contribution in [1.29, 1.82) is 0 Å². The number of halogens is 1. The van der Waals surface area contributed by atoms with Gasteiger partial charge in [0.2, 0.25) is 0 Å². The van der Waals surface area contributed by atoms with Gasteiger partial charge >= 0.3 is 0 Å². The Balaban J connectivity index is 1.98. The standard InChI is InChI=1S/C13H18ClN3O/c1-8-7-18-6-5-17(8)13-9(2)11(14)15-12(16-13)10-3-4-10/h8,10H,3-7H2,1-2H3. The molecule has 0 radical (unpaired) electrons. The largest absolute Gasteiger partial charge is 0.377 e. The zero-order chi connectivity index (χ0) is 12.7. The van der Waals surface area contributed by atoms with Gasteiger partial charge in [0.05, 0.1) is 19.3 Å². The van der Waals surface area contributed by atoms with E-state index in [0.717, 1.165) is 37.0 Å². The molecule has 1 aromatic heterocycles. The number of aromatic nitrogens is 2. The molecule has 1 saturated heterocycles. The molecule has 2 fully saturated rings. The fraction of sp³-hybridized carbons (Fsp3) is 0.692. The summed E-state index contributed by atoms with van der Waals surface area (Å²) in [5, 5.41) is 0.598. The Bertz CT molecular complexity index is 462. The molecular formula is C13H18ClN3O. The lowest BCUT2D eigenvalue weighted by atomic mass is 10.2. The summed E-state index contributed by atoms with van der Waals surface area (Å²) in [6.07, 6.45) is 2.38. The van der Waals surface area contributed by atoms with Crippen molar-refractivity contribution in [2.75, 3.05) is 24.7 Å². The molecule has 0 aromatic carbocycles. The average Bonchev–Trinajstić information content (AvgIpc) is 3.18. The number of ether oxygens (including phenoxy) is 1. The van der Waals surface area contributed by atoms with Crippen LogP contribution >= 0.6 is 11.6 Å². The van der Waals surface area contributed by atoms with E-state index in [2.05, 4.69) is 16.8 Å². The number of anilines is 1. The topological polar surface area (TPSA) is 38.2 Å². The molecule has 3 rings (SSSR count). The van der Waals surface area contributed by atoms with Crippen LogP contribution < -0.4 is 4.90 Å². The van der Waals surface area contributed by atoms with Crippen LogP contribution in [0.15, 0.2) is 0 Å². The monoisotopic (exact) mass is 267 g/mol. The fourth-order valence-corrected chi connectivity index (χ4v) is 2.51. The minimum absolute atomic E-state index is 0.343. The summed E-state index contributed by atoms with van der Waals surface area (Å²) in [5.41, 5.74) is 0.981. The van der Waals surface area contributed by atoms with Crippen LogP contribution in [0.25, 0.3) is 0 Å². The first-order chi connectivity index (χ1) is 8.66. The highest BCUT2D eigenvalue weighted by Gasteiger charge is 2.30. The molecule has 1 atom stereocenters. The van der Waals surface area contributed by atoms with Gasteiger partial charge in [-0.25, -0.2) is 9.97 Å². The van der Waals surface area contributed by atoms with Gasteiger partial charge in [0.15, 0.2) is 0 Å². The Kier molecular flexibility index (Phi) is 3.16. The molecule has 2 heterocycles. The molecule has 1 aliphatic carbocycles. The van der Waals surface area contributed by atoms with E-state index in [1.165, 1.54) is 12.8 Å². The van der Waals surface area contributed by atoms with E-state index in [1.807, 2.05) is 6.92 Å². The third kappa shape index (κ3) is 2.19. The van der Waals surface area contributed by atoms with E-state index < -0.39 is 0 Å². The summed E-state index contributed by atoms with van der Waals surface area (Å²) in [7, 11) is 0. The van der Waals surface area contributed by atoms with Crippen LogP contribution in [0.1, 0.15) is 37.1 Å². The molecule has 4 nitrogen and oxygen atoms in total. The van der Waals surface area contributed by atoms with Gasteiger partial charge < -0.3 is 9.64 Å². The summed E-state index contributed by atoms with van der Waals surface area (Å²) >= 11 is 6.25. The molecule has 1 unspecified atom stereocenters. The van der Waals surface area contributed by atoms with Crippen LogP contribution in [-0.4, -0.2) is 35.8 Å². The van der Waals surface area contributed by atoms with Crippen LogP contribution in [0, 0.1) is 6.92 Å². The van der Waals surface area contributed by atoms with Crippen molar-refractivity contribution in [2.45, 2.75) is 38.6 Å². The highest BCUT2D eigenvalue weighted by atomic mass is 35.5. The summed E-state index contributed by atoms with van der Waals surface area (Å²) < 4.78 is 5.48. The Hall–Kier alpha value is -0.870. The minimum Gasteiger partial charge on any atom is -0.377 e. The number of nitrogens with zero attached hydrogens (tertiary/aromatic N) is 3. The van der Waals surface area contributed by atoms with Crippen molar-refractivity contribution >= 4 is 17.4 Å². The third-order valence-electron chi connectivity index (χ3n) is 3.66. The Morgan fingerprint density at radius 2 is 2.11 bits per heavy atom. The van der Waals surface area contributed by atoms with E-state index in [4.69, 9.17) is 21.3 Å². The number of hydrogen-bond donors (Lipinski definition) is 0. The second-order valence-electron chi connectivity index (χ2n) is 5.21. The molecule has 5 heteroatoms. The van der Waals surface area contributed by atoms with Crippen molar-refractivity contribution in [3.05, 3.63) is 16.5 Å². The van der Waals surface area contributed by atoms with E-state index in [0.29, 0.717) is 17.1 Å². The second-order valence-corrected chi connectivity index (χ2v) is 5.57. The average molecular weight is 268 g/mol. The number of hydrogen-bond acceptors (Lipinski definition) is 4. The first-order valence-corrected chi connectivity index (χ1v) is 6.93. The lowest BCUT2D eigenvalue weighted by Crippen LogP contribution is -2.44. The van der Waals surface area contributed by atoms with Crippen molar-refractivity contribution in [1.82, 2.24) is 9.97 Å². The SMILES string of the molecule is Cc1c(Cl)nc(C2CC2)nc1N1CCOCC1C. The van der Waals surface area contributed by atoms with E-state index in [9.17, 15) is 0 Å². The van der Waals surface area contributed by atoms with Crippen molar-refractivity contribution < 1.29 is 4.74 Å². The van der Waals surface area contributed by atoms with Gasteiger partial charge in [0.25, 0.3) is 0 Å². The highest BCUT2D eigenvalue weighted by Crippen LogP contribution is 2.40. The molecule has 2 aliphatic rings. The number of rotatable bonds is 2. The van der Waals surface area contributed by atoms with E-state index in [1.54, 1.807) is 0 Å². The zero-order valence-electron chi connectivity index (χ0n) is 10.8. The lowest BCUT2D eigenvalue weighted by molar-refractivity contribution is 0.0984. The molecule has 98 valence electrons. The predicted molar refractivity (Wildman–Crippen MR) is 71.4 cm³/mol. The fourth-order valence-electron chi connectivity index (χ4n) is 2.34. The van der Waals surface area contributed by atoms with Gasteiger partial charge in [-0.05, 0) is 26.7 Å². The maximum atomic E-state index is 6.25. The van der Waals surface area contributed by atoms with Gasteiger partial charge in [-0.2, -0.15) is 0 Å². The first kappa shape index (κ1) is 12.2. The van der Waals surface area contributed by atoms with Gasteiger partial charge in [0.1, 0.15) is 16.8 Å². The molecule has 0 bridgehead atoms. The zero-order valence-corrected chi connectivity index (χ0v) is 11.6. The van der Waals surface area contributed by atoms with E-state index in [-0.39, 0.29) is 0 Å². The van der Waals surface area contributed by atoms with Gasteiger partial charge in [-0.3, -0.25) is 0 Å². The predicted octanol–water partition coefficient (Wildman–Crippen LogP) is 2.54. The highest BCUT2D eigenvalue weighted by molar-refractivity contribution is 6.30. The summed E-state index contributed by atoms with van der Waals surface area (Å²) in [4.78, 5) is 11.4. The molecule has 1 aliphatic heterocycles. The molecule has 0 spiro atoms. The maximum absolute atomic E-state index is 6.25. The quantitative estimate of drug-likeness (QED) is 0.772. The van der Waals surface area contributed by atoms with Gasteiger partial charge in [-0.1, -0.05) is 11.6 Å². The smallest absolute Gasteiger partial charge is 0.137 e. The molecule has 1 saturated carbocycles. The normalized spacial score (nSPS) is 24.4. The molecule has 0 amide bonds. The maximum Gasteiger partial charge on any atom is 0.137 e. The van der Waals surface area contributed by atoms with Crippen molar-refractivity contribution in [3.8, 4) is 0 Å². The molecule has 0 N–H and O–H groups in total. The Morgan fingerprint density at radius 1 is 1.33 bits per heavy atom. The van der Waals surface area contributed by atoms with Crippen LogP contribution in [0.5, 0.6) is 0 Å². The van der Waals surface area contributed by atoms with Crippen LogP contribution in [0.3, 0.4) is 0 Å². The Morgan fingerprint density at radius 3 is 2.78 bits per heavy atom. The minimum atomic E-state index is 0.343. The molecule has 1 aromatic rings. The summed E-state index contributed by atoms with van der Waals surface area (Å²) in [6, 6.07) is 0.343. The van der Waals surface area contributed by atoms with Crippen molar-refractivity contribution in [3.63, 3.8) is 0 Å². The first-order valence-electron chi connectivity index (χ1n) is 6.55. The lowest BCUT2D eigenvalue weighted by Gasteiger charge is -2.35. The van der Waals surface area contributed by atoms with Gasteiger partial charge in [-0.15, -0.1) is 0 Å². The van der Waals surface area contributed by atoms with Crippen LogP contribution in [-0.2, 0) is 4.74 Å². The summed E-state index contributed by atoms with van der Waals surface area (Å²) in [6.45, 7) is 6.53. The second kappa shape index (κ2) is 4.67. The third-order valence-corrected chi connectivity index (χ3v) is 4.03. The van der Waals surface area contributed by atoms with E-state index >= 15 is 0 Å². The Labute approximate surface area is 112 Å². The van der Waals surface area contributed by atoms with Crippen LogP contribution in [0.2, 0.25) is 5.15 Å². The van der Waals surface area contributed by atoms with Crippen molar-refractivity contribution in [2.24, 2.45) is 0 Å². The van der Waals surface area contributed by atoms with Crippen LogP contribution in [0.4, 0.5) is 5.82 Å².